The lowest BCUT2D eigenvalue weighted by Crippen LogP contribution is -2.52. The molecule has 3 heterocycles. The van der Waals surface area contributed by atoms with Crippen LogP contribution in [0.25, 0.3) is 11.1 Å². The van der Waals surface area contributed by atoms with Crippen LogP contribution in [0.1, 0.15) is 24.8 Å². The van der Waals surface area contributed by atoms with E-state index in [-0.39, 0.29) is 6.04 Å². The molecule has 118 valence electrons. The van der Waals surface area contributed by atoms with Crippen LogP contribution in [0.4, 0.5) is 0 Å². The largest absolute Gasteiger partial charge is 0.298 e. The molecule has 0 aliphatic carbocycles. The number of piperidine rings is 3. The van der Waals surface area contributed by atoms with E-state index >= 15 is 0 Å². The normalized spacial score (nSPS) is 26.2. The second-order valence-corrected chi connectivity index (χ2v) is 6.94. The van der Waals surface area contributed by atoms with E-state index < -0.39 is 0 Å². The van der Waals surface area contributed by atoms with Gasteiger partial charge in [0.1, 0.15) is 0 Å². The third-order valence-corrected chi connectivity index (χ3v) is 5.46. The number of fused-ring (bicyclic) bond motifs is 3. The summed E-state index contributed by atoms with van der Waals surface area (Å²) in [7, 11) is 0. The summed E-state index contributed by atoms with van der Waals surface area (Å²) in [5.74, 6) is 1.19. The maximum Gasteiger partial charge on any atom is 0.154 e. The molecule has 2 aromatic carbocycles. The summed E-state index contributed by atoms with van der Waals surface area (Å²) in [5, 5.41) is 0. The molecule has 0 N–H and O–H groups in total. The quantitative estimate of drug-likeness (QED) is 0.852. The summed E-state index contributed by atoms with van der Waals surface area (Å²) >= 11 is 0. The zero-order chi connectivity index (χ0) is 15.6. The Morgan fingerprint density at radius 1 is 0.913 bits per heavy atom. The molecule has 0 radical (unpaired) electrons. The first-order chi connectivity index (χ1) is 11.3. The second-order valence-electron chi connectivity index (χ2n) is 6.94. The molecule has 0 saturated carbocycles. The van der Waals surface area contributed by atoms with Gasteiger partial charge in [-0.3, -0.25) is 9.69 Å². The highest BCUT2D eigenvalue weighted by atomic mass is 16.1. The minimum atomic E-state index is 0.177. The number of carbonyl (C=O) groups excluding carboxylic acids is 1. The van der Waals surface area contributed by atoms with Gasteiger partial charge in [-0.05, 0) is 55.0 Å². The van der Waals surface area contributed by atoms with E-state index in [1.165, 1.54) is 24.0 Å². The first-order valence-electron chi connectivity index (χ1n) is 8.71. The van der Waals surface area contributed by atoms with E-state index in [9.17, 15) is 4.79 Å². The fourth-order valence-corrected chi connectivity index (χ4v) is 4.06. The molecule has 2 nitrogen and oxygen atoms in total. The molecule has 5 rings (SSSR count). The summed E-state index contributed by atoms with van der Waals surface area (Å²) in [5.41, 5.74) is 3.57. The molecule has 0 aromatic heterocycles. The minimum Gasteiger partial charge on any atom is -0.298 e. The van der Waals surface area contributed by atoms with Crippen LogP contribution < -0.4 is 0 Å². The Bertz CT molecular complexity index is 669. The van der Waals surface area contributed by atoms with Crippen molar-refractivity contribution in [1.29, 1.82) is 0 Å². The third kappa shape index (κ3) is 3.09. The van der Waals surface area contributed by atoms with Crippen molar-refractivity contribution in [3.63, 3.8) is 0 Å². The lowest BCUT2D eigenvalue weighted by Gasteiger charge is -2.44. The maximum atomic E-state index is 12.7. The fraction of sp³-hybridized carbons (Fsp3) is 0.381. The van der Waals surface area contributed by atoms with Crippen LogP contribution in [0, 0.1) is 5.92 Å². The standard InChI is InChI=1S/C21H23NO/c23-21(20-14-17-10-12-22(20)13-11-17)15-16-6-8-19(9-7-16)18-4-2-1-3-5-18/h1-9,17,20H,10-15H2. The Morgan fingerprint density at radius 2 is 1.57 bits per heavy atom. The predicted molar refractivity (Wildman–Crippen MR) is 93.3 cm³/mol. The molecule has 23 heavy (non-hydrogen) atoms. The zero-order valence-electron chi connectivity index (χ0n) is 13.4. The van der Waals surface area contributed by atoms with Gasteiger partial charge in [-0.2, -0.15) is 0 Å². The summed E-state index contributed by atoms with van der Waals surface area (Å²) in [4.78, 5) is 15.1. The van der Waals surface area contributed by atoms with Gasteiger partial charge in [0.2, 0.25) is 0 Å². The van der Waals surface area contributed by atoms with Crippen LogP contribution in [-0.4, -0.2) is 29.8 Å². The molecule has 2 aromatic rings. The Kier molecular flexibility index (Phi) is 4.00. The number of hydrogen-bond donors (Lipinski definition) is 0. The molecule has 0 amide bonds. The molecular weight excluding hydrogens is 282 g/mol. The van der Waals surface area contributed by atoms with Crippen LogP contribution in [0.3, 0.4) is 0 Å². The van der Waals surface area contributed by atoms with Crippen molar-refractivity contribution in [3.8, 4) is 11.1 Å². The summed E-state index contributed by atoms with van der Waals surface area (Å²) in [6.07, 6.45) is 4.23. The molecule has 1 unspecified atom stereocenters. The first kappa shape index (κ1) is 14.6. The van der Waals surface area contributed by atoms with E-state index in [1.54, 1.807) is 0 Å². The summed E-state index contributed by atoms with van der Waals surface area (Å²) < 4.78 is 0. The number of benzene rings is 2. The number of rotatable bonds is 4. The Morgan fingerprint density at radius 3 is 2.17 bits per heavy atom. The highest BCUT2D eigenvalue weighted by molar-refractivity contribution is 5.86. The number of hydrogen-bond acceptors (Lipinski definition) is 2. The van der Waals surface area contributed by atoms with Crippen molar-refractivity contribution in [2.45, 2.75) is 31.7 Å². The average molecular weight is 305 g/mol. The minimum absolute atomic E-state index is 0.177. The Balaban J connectivity index is 1.44. The molecule has 1 atom stereocenters. The van der Waals surface area contributed by atoms with Crippen LogP contribution >= 0.6 is 0 Å². The van der Waals surface area contributed by atoms with Crippen molar-refractivity contribution >= 4 is 5.78 Å². The predicted octanol–water partition coefficient (Wildman–Crippen LogP) is 3.95. The molecule has 0 spiro atoms. The van der Waals surface area contributed by atoms with E-state index in [4.69, 9.17) is 0 Å². The lowest BCUT2D eigenvalue weighted by atomic mass is 9.81. The van der Waals surface area contributed by atoms with Gasteiger partial charge >= 0.3 is 0 Å². The number of nitrogens with zero attached hydrogens (tertiary/aromatic N) is 1. The molecule has 3 saturated heterocycles. The van der Waals surface area contributed by atoms with Crippen molar-refractivity contribution in [1.82, 2.24) is 4.90 Å². The van der Waals surface area contributed by atoms with E-state index in [2.05, 4.69) is 53.4 Å². The zero-order valence-corrected chi connectivity index (χ0v) is 13.4. The van der Waals surface area contributed by atoms with Crippen molar-refractivity contribution in [3.05, 3.63) is 60.2 Å². The van der Waals surface area contributed by atoms with E-state index in [0.29, 0.717) is 12.2 Å². The molecule has 3 aliphatic rings. The summed E-state index contributed by atoms with van der Waals surface area (Å²) in [6.45, 7) is 2.24. The van der Waals surface area contributed by atoms with E-state index in [0.717, 1.165) is 31.0 Å². The van der Waals surface area contributed by atoms with Crippen molar-refractivity contribution in [2.75, 3.05) is 13.1 Å². The average Bonchev–Trinajstić information content (AvgIpc) is 2.64. The highest BCUT2D eigenvalue weighted by Crippen LogP contribution is 2.32. The molecule has 3 fully saturated rings. The fourth-order valence-electron chi connectivity index (χ4n) is 4.06. The third-order valence-electron chi connectivity index (χ3n) is 5.46. The van der Waals surface area contributed by atoms with Crippen LogP contribution in [0.15, 0.2) is 54.6 Å². The molecule has 2 heteroatoms. The van der Waals surface area contributed by atoms with Crippen molar-refractivity contribution < 1.29 is 4.79 Å². The maximum absolute atomic E-state index is 12.7. The molecule has 2 bridgehead atoms. The summed E-state index contributed by atoms with van der Waals surface area (Å²) in [6, 6.07) is 19.0. The smallest absolute Gasteiger partial charge is 0.154 e. The molecular formula is C21H23NO. The molecule has 3 aliphatic heterocycles. The monoisotopic (exact) mass is 305 g/mol. The topological polar surface area (TPSA) is 20.3 Å². The highest BCUT2D eigenvalue weighted by Gasteiger charge is 2.36. The van der Waals surface area contributed by atoms with E-state index in [1.807, 2.05) is 6.07 Å². The van der Waals surface area contributed by atoms with Gasteiger partial charge in [0.05, 0.1) is 6.04 Å². The number of Topliss-reactive ketones (excluding diaryl/α,β-unsaturated/α-hetero) is 1. The Hall–Kier alpha value is -1.93. The lowest BCUT2D eigenvalue weighted by molar-refractivity contribution is -0.127. The number of ketones is 1. The van der Waals surface area contributed by atoms with Gasteiger partial charge in [-0.1, -0.05) is 54.6 Å². The van der Waals surface area contributed by atoms with Crippen LogP contribution in [0.2, 0.25) is 0 Å². The first-order valence-corrected chi connectivity index (χ1v) is 8.71. The van der Waals surface area contributed by atoms with Gasteiger partial charge < -0.3 is 0 Å². The van der Waals surface area contributed by atoms with Gasteiger partial charge in [0.25, 0.3) is 0 Å². The number of carbonyl (C=O) groups is 1. The Labute approximate surface area is 138 Å². The van der Waals surface area contributed by atoms with Crippen LogP contribution in [-0.2, 0) is 11.2 Å². The van der Waals surface area contributed by atoms with Gasteiger partial charge in [-0.25, -0.2) is 0 Å². The van der Waals surface area contributed by atoms with Gasteiger partial charge in [0, 0.05) is 6.42 Å². The van der Waals surface area contributed by atoms with Crippen LogP contribution in [0.5, 0.6) is 0 Å². The second kappa shape index (κ2) is 6.29. The van der Waals surface area contributed by atoms with Gasteiger partial charge in [-0.15, -0.1) is 0 Å². The SMILES string of the molecule is O=C(Cc1ccc(-c2ccccc2)cc1)C1CC2CCN1CC2. The van der Waals surface area contributed by atoms with Gasteiger partial charge in [0.15, 0.2) is 5.78 Å². The van der Waals surface area contributed by atoms with Crippen molar-refractivity contribution in [2.24, 2.45) is 5.92 Å².